The molecule has 37 heavy (non-hydrogen) atoms. The van der Waals surface area contributed by atoms with Gasteiger partial charge >= 0.3 is 0 Å². The molecule has 2 aliphatic rings. The van der Waals surface area contributed by atoms with Gasteiger partial charge in [-0.25, -0.2) is 0 Å². The standard InChI is InChI=1S/C36H27Br/c1-3-10-24(4-2)28-18-20-32-33(22-28)35(30-16-15-26-13-8-9-14-27(26)21-30)31-19-17-29(23-34(31)36(32)37)25-11-6-5-7-12-25/h3-23,32,36H,1-2H2/b24-10+. The van der Waals surface area contributed by atoms with Crippen LogP contribution in [-0.4, -0.2) is 0 Å². The third-order valence-electron chi connectivity index (χ3n) is 7.37. The van der Waals surface area contributed by atoms with E-state index in [-0.39, 0.29) is 10.7 Å². The molecule has 2 unspecified atom stereocenters. The summed E-state index contributed by atoms with van der Waals surface area (Å²) in [4.78, 5) is 0.176. The first-order valence-corrected chi connectivity index (χ1v) is 13.5. The number of hydrogen-bond acceptors (Lipinski definition) is 0. The van der Waals surface area contributed by atoms with E-state index in [1.807, 2.05) is 18.2 Å². The molecule has 0 nitrogen and oxygen atoms in total. The first-order chi connectivity index (χ1) is 18.2. The van der Waals surface area contributed by atoms with Crippen LogP contribution in [0, 0.1) is 5.92 Å². The molecule has 0 amide bonds. The summed E-state index contributed by atoms with van der Waals surface area (Å²) in [6.45, 7) is 7.94. The van der Waals surface area contributed by atoms with Gasteiger partial charge in [-0.05, 0) is 79.1 Å². The van der Waals surface area contributed by atoms with E-state index in [0.29, 0.717) is 0 Å². The van der Waals surface area contributed by atoms with E-state index in [4.69, 9.17) is 0 Å². The second-order valence-corrected chi connectivity index (χ2v) is 10.5. The molecule has 4 aromatic rings. The van der Waals surface area contributed by atoms with Crippen molar-refractivity contribution in [2.24, 2.45) is 5.92 Å². The number of halogens is 1. The van der Waals surface area contributed by atoms with Crippen LogP contribution in [0.2, 0.25) is 0 Å². The lowest BCUT2D eigenvalue weighted by molar-refractivity contribution is 0.744. The fourth-order valence-electron chi connectivity index (χ4n) is 5.55. The summed E-state index contributed by atoms with van der Waals surface area (Å²) in [6.07, 6.45) is 12.7. The number of rotatable bonds is 5. The third kappa shape index (κ3) is 4.20. The van der Waals surface area contributed by atoms with E-state index in [0.717, 1.165) is 11.1 Å². The minimum Gasteiger partial charge on any atom is -0.0990 e. The van der Waals surface area contributed by atoms with Crippen LogP contribution in [0.1, 0.15) is 21.5 Å². The van der Waals surface area contributed by atoms with Crippen molar-refractivity contribution in [3.63, 3.8) is 0 Å². The van der Waals surface area contributed by atoms with Gasteiger partial charge in [0.15, 0.2) is 0 Å². The van der Waals surface area contributed by atoms with Crippen LogP contribution >= 0.6 is 15.9 Å². The average Bonchev–Trinajstić information content (AvgIpc) is 2.96. The van der Waals surface area contributed by atoms with Gasteiger partial charge in [0.25, 0.3) is 0 Å². The van der Waals surface area contributed by atoms with Gasteiger partial charge < -0.3 is 0 Å². The van der Waals surface area contributed by atoms with Crippen molar-refractivity contribution in [3.05, 3.63) is 174 Å². The maximum atomic E-state index is 4.11. The Kier molecular flexibility index (Phi) is 6.24. The van der Waals surface area contributed by atoms with Crippen LogP contribution in [0.25, 0.3) is 27.5 Å². The summed E-state index contributed by atoms with van der Waals surface area (Å²) in [5.74, 6) is 0.221. The predicted octanol–water partition coefficient (Wildman–Crippen LogP) is 10.2. The highest BCUT2D eigenvalue weighted by Crippen LogP contribution is 2.52. The normalized spacial score (nSPS) is 18.7. The van der Waals surface area contributed by atoms with Gasteiger partial charge in [-0.1, -0.05) is 138 Å². The minimum atomic E-state index is 0.176. The largest absolute Gasteiger partial charge is 0.0990 e. The fraction of sp³-hybridized carbons (Fsp3) is 0.0556. The molecule has 0 heterocycles. The van der Waals surface area contributed by atoms with E-state index in [2.05, 4.69) is 138 Å². The summed E-state index contributed by atoms with van der Waals surface area (Å²) < 4.78 is 0. The molecule has 0 fully saturated rings. The molecule has 0 bridgehead atoms. The highest BCUT2D eigenvalue weighted by molar-refractivity contribution is 9.09. The van der Waals surface area contributed by atoms with Crippen molar-refractivity contribution in [1.82, 2.24) is 0 Å². The van der Waals surface area contributed by atoms with Gasteiger partial charge in [-0.15, -0.1) is 0 Å². The van der Waals surface area contributed by atoms with Crippen LogP contribution in [0.5, 0.6) is 0 Å². The Morgan fingerprint density at radius 2 is 1.51 bits per heavy atom. The molecule has 6 rings (SSSR count). The quantitative estimate of drug-likeness (QED) is 0.175. The van der Waals surface area contributed by atoms with E-state index >= 15 is 0 Å². The highest BCUT2D eigenvalue weighted by atomic mass is 79.9. The van der Waals surface area contributed by atoms with Crippen molar-refractivity contribution in [2.45, 2.75) is 4.83 Å². The molecule has 178 valence electrons. The van der Waals surface area contributed by atoms with Crippen molar-refractivity contribution in [1.29, 1.82) is 0 Å². The van der Waals surface area contributed by atoms with Gasteiger partial charge in [0.05, 0.1) is 4.83 Å². The van der Waals surface area contributed by atoms with Crippen LogP contribution < -0.4 is 0 Å². The van der Waals surface area contributed by atoms with E-state index < -0.39 is 0 Å². The molecular weight excluding hydrogens is 512 g/mol. The molecule has 2 atom stereocenters. The SMILES string of the molecule is C=C/C=C(\C=C)C1=CC2=C(c3ccc4ccccc4c3)c3ccc(-c4ccccc4)cc3C(Br)C2C=C1. The predicted molar refractivity (Wildman–Crippen MR) is 163 cm³/mol. The van der Waals surface area contributed by atoms with E-state index in [1.165, 1.54) is 49.7 Å². The number of benzene rings is 4. The lowest BCUT2D eigenvalue weighted by Crippen LogP contribution is -2.19. The Morgan fingerprint density at radius 1 is 0.757 bits per heavy atom. The summed E-state index contributed by atoms with van der Waals surface area (Å²) in [7, 11) is 0. The summed E-state index contributed by atoms with van der Waals surface area (Å²) in [5.41, 5.74) is 11.2. The van der Waals surface area contributed by atoms with Crippen molar-refractivity contribution in [3.8, 4) is 11.1 Å². The number of alkyl halides is 1. The van der Waals surface area contributed by atoms with Crippen molar-refractivity contribution >= 4 is 32.3 Å². The van der Waals surface area contributed by atoms with Crippen LogP contribution in [0.15, 0.2) is 157 Å². The molecule has 2 aliphatic carbocycles. The molecule has 0 aliphatic heterocycles. The van der Waals surface area contributed by atoms with Gasteiger partial charge in [-0.2, -0.15) is 0 Å². The molecule has 0 saturated heterocycles. The lowest BCUT2D eigenvalue weighted by atomic mass is 9.72. The van der Waals surface area contributed by atoms with Crippen LogP contribution in [0.3, 0.4) is 0 Å². The van der Waals surface area contributed by atoms with Gasteiger partial charge in [0.2, 0.25) is 0 Å². The monoisotopic (exact) mass is 538 g/mol. The van der Waals surface area contributed by atoms with Gasteiger partial charge in [-0.3, -0.25) is 0 Å². The molecule has 0 radical (unpaired) electrons. The number of hydrogen-bond donors (Lipinski definition) is 0. The first-order valence-electron chi connectivity index (χ1n) is 12.6. The molecular formula is C36H27Br. The molecule has 4 aromatic carbocycles. The molecule has 0 N–H and O–H groups in total. The zero-order valence-electron chi connectivity index (χ0n) is 20.6. The van der Waals surface area contributed by atoms with Crippen molar-refractivity contribution < 1.29 is 0 Å². The smallest absolute Gasteiger partial charge is 0.0505 e. The topological polar surface area (TPSA) is 0 Å². The second-order valence-electron chi connectivity index (χ2n) is 9.51. The zero-order valence-corrected chi connectivity index (χ0v) is 22.2. The Bertz CT molecular complexity index is 1660. The molecule has 0 spiro atoms. The molecule has 0 aromatic heterocycles. The lowest BCUT2D eigenvalue weighted by Gasteiger charge is -2.35. The Labute approximate surface area is 227 Å². The summed E-state index contributed by atoms with van der Waals surface area (Å²) >= 11 is 4.11. The molecule has 1 heteroatoms. The van der Waals surface area contributed by atoms with Gasteiger partial charge in [0, 0.05) is 5.92 Å². The zero-order chi connectivity index (χ0) is 25.4. The van der Waals surface area contributed by atoms with E-state index in [9.17, 15) is 0 Å². The Morgan fingerprint density at radius 3 is 2.30 bits per heavy atom. The summed E-state index contributed by atoms with van der Waals surface area (Å²) in [5, 5.41) is 2.51. The Balaban J connectivity index is 1.62. The van der Waals surface area contributed by atoms with Crippen LogP contribution in [0.4, 0.5) is 0 Å². The average molecular weight is 540 g/mol. The second kappa shape index (κ2) is 9.84. The fourth-order valence-corrected chi connectivity index (χ4v) is 6.39. The maximum Gasteiger partial charge on any atom is 0.0505 e. The number of fused-ring (bicyclic) bond motifs is 3. The third-order valence-corrected chi connectivity index (χ3v) is 8.43. The van der Waals surface area contributed by atoms with Crippen molar-refractivity contribution in [2.75, 3.05) is 0 Å². The number of allylic oxidation sites excluding steroid dienone is 9. The van der Waals surface area contributed by atoms with E-state index in [1.54, 1.807) is 0 Å². The van der Waals surface area contributed by atoms with Gasteiger partial charge in [0.1, 0.15) is 0 Å². The minimum absolute atomic E-state index is 0.176. The Hall–Kier alpha value is -3.94. The summed E-state index contributed by atoms with van der Waals surface area (Å²) in [6, 6.07) is 33.0. The first kappa shape index (κ1) is 23.5. The molecule has 0 saturated carbocycles. The maximum absolute atomic E-state index is 4.11. The van der Waals surface area contributed by atoms with Crippen LogP contribution in [-0.2, 0) is 0 Å². The highest BCUT2D eigenvalue weighted by Gasteiger charge is 2.34.